The highest BCUT2D eigenvalue weighted by atomic mass is 32.1. The van der Waals surface area contributed by atoms with Crippen LogP contribution in [-0.4, -0.2) is 22.5 Å². The van der Waals surface area contributed by atoms with Crippen LogP contribution in [0.3, 0.4) is 0 Å². The topological polar surface area (TPSA) is 64.1 Å². The van der Waals surface area contributed by atoms with Gasteiger partial charge in [0.25, 0.3) is 5.91 Å². The Kier molecular flexibility index (Phi) is 6.38. The number of hydrogen-bond acceptors (Lipinski definition) is 5. The van der Waals surface area contributed by atoms with Crippen LogP contribution in [-0.2, 0) is 0 Å². The van der Waals surface area contributed by atoms with E-state index >= 15 is 0 Å². The number of aromatic nitrogens is 2. The molecule has 31 heavy (non-hydrogen) atoms. The molecule has 0 fully saturated rings. The van der Waals surface area contributed by atoms with Crippen LogP contribution in [0.5, 0.6) is 5.75 Å². The summed E-state index contributed by atoms with van der Waals surface area (Å²) < 4.78 is 5.68. The number of amides is 1. The van der Waals surface area contributed by atoms with Crippen LogP contribution in [0.1, 0.15) is 24.2 Å². The molecule has 5 nitrogen and oxygen atoms in total. The van der Waals surface area contributed by atoms with Crippen molar-refractivity contribution in [3.63, 3.8) is 0 Å². The van der Waals surface area contributed by atoms with Gasteiger partial charge < -0.3 is 10.1 Å². The lowest BCUT2D eigenvalue weighted by Crippen LogP contribution is -2.12. The molecule has 0 radical (unpaired) electrons. The third-order valence-electron chi connectivity index (χ3n) is 4.50. The summed E-state index contributed by atoms with van der Waals surface area (Å²) in [5.41, 5.74) is 3.94. The molecule has 4 aromatic rings. The fourth-order valence-corrected chi connectivity index (χ4v) is 3.74. The smallest absolute Gasteiger partial charge is 0.255 e. The van der Waals surface area contributed by atoms with Gasteiger partial charge in [-0.2, -0.15) is 0 Å². The summed E-state index contributed by atoms with van der Waals surface area (Å²) in [4.78, 5) is 21.7. The van der Waals surface area contributed by atoms with E-state index in [4.69, 9.17) is 9.72 Å². The zero-order chi connectivity index (χ0) is 21.6. The lowest BCUT2D eigenvalue weighted by Gasteiger charge is -2.10. The standard InChI is InChI=1S/C25H23N3O2S/c1-17(2)15-30-21-11-9-18(10-12-21)24(29)27-20-7-5-6-19(14-20)23-16-31-25(28-23)22-8-3-4-13-26-22/h3-14,16-17H,15H2,1-2H3,(H,27,29). The first-order valence-electron chi connectivity index (χ1n) is 10.1. The van der Waals surface area contributed by atoms with E-state index < -0.39 is 0 Å². The molecule has 0 aliphatic rings. The summed E-state index contributed by atoms with van der Waals surface area (Å²) >= 11 is 1.55. The van der Waals surface area contributed by atoms with Gasteiger partial charge in [0.05, 0.1) is 18.0 Å². The lowest BCUT2D eigenvalue weighted by atomic mass is 10.1. The van der Waals surface area contributed by atoms with Gasteiger partial charge in [-0.1, -0.05) is 32.0 Å². The summed E-state index contributed by atoms with van der Waals surface area (Å²) in [5, 5.41) is 5.83. The Hall–Kier alpha value is -3.51. The molecule has 2 aromatic carbocycles. The number of ether oxygens (including phenoxy) is 1. The molecule has 0 atom stereocenters. The minimum atomic E-state index is -0.167. The van der Waals surface area contributed by atoms with Crippen molar-refractivity contribution in [3.05, 3.63) is 83.9 Å². The number of hydrogen-bond donors (Lipinski definition) is 1. The maximum Gasteiger partial charge on any atom is 0.255 e. The zero-order valence-electron chi connectivity index (χ0n) is 17.4. The highest BCUT2D eigenvalue weighted by Gasteiger charge is 2.10. The van der Waals surface area contributed by atoms with Crippen LogP contribution in [0.4, 0.5) is 5.69 Å². The first-order valence-corrected chi connectivity index (χ1v) is 11.0. The molecule has 0 aliphatic heterocycles. The van der Waals surface area contributed by atoms with E-state index in [0.29, 0.717) is 18.1 Å². The summed E-state index contributed by atoms with van der Waals surface area (Å²) in [6.07, 6.45) is 1.76. The van der Waals surface area contributed by atoms with Gasteiger partial charge in [0.15, 0.2) is 0 Å². The van der Waals surface area contributed by atoms with Gasteiger partial charge in [0.2, 0.25) is 0 Å². The molecule has 0 bridgehead atoms. The van der Waals surface area contributed by atoms with Gasteiger partial charge >= 0.3 is 0 Å². The SMILES string of the molecule is CC(C)COc1ccc(C(=O)Nc2cccc(-c3csc(-c4ccccn4)n3)c2)cc1. The van der Waals surface area contributed by atoms with Gasteiger partial charge in [0.1, 0.15) is 10.8 Å². The molecular formula is C25H23N3O2S. The van der Waals surface area contributed by atoms with E-state index in [1.807, 2.05) is 60.0 Å². The van der Waals surface area contributed by atoms with Crippen molar-refractivity contribution in [1.29, 1.82) is 0 Å². The van der Waals surface area contributed by atoms with Crippen LogP contribution in [0, 0.1) is 5.92 Å². The number of benzene rings is 2. The van der Waals surface area contributed by atoms with Gasteiger partial charge in [-0.3, -0.25) is 9.78 Å². The maximum absolute atomic E-state index is 12.7. The van der Waals surface area contributed by atoms with Gasteiger partial charge in [-0.15, -0.1) is 11.3 Å². The molecule has 1 amide bonds. The van der Waals surface area contributed by atoms with Crippen molar-refractivity contribution in [1.82, 2.24) is 9.97 Å². The fourth-order valence-electron chi connectivity index (χ4n) is 2.94. The van der Waals surface area contributed by atoms with Crippen LogP contribution >= 0.6 is 11.3 Å². The number of rotatable bonds is 7. The lowest BCUT2D eigenvalue weighted by molar-refractivity contribution is 0.102. The number of thiazole rings is 1. The number of nitrogens with one attached hydrogen (secondary N) is 1. The van der Waals surface area contributed by atoms with Crippen molar-refractivity contribution in [3.8, 4) is 27.7 Å². The third-order valence-corrected chi connectivity index (χ3v) is 5.37. The molecule has 2 aromatic heterocycles. The van der Waals surface area contributed by atoms with Crippen molar-refractivity contribution in [2.45, 2.75) is 13.8 Å². The zero-order valence-corrected chi connectivity index (χ0v) is 18.2. The summed E-state index contributed by atoms with van der Waals surface area (Å²) in [7, 11) is 0. The average molecular weight is 430 g/mol. The highest BCUT2D eigenvalue weighted by molar-refractivity contribution is 7.13. The molecule has 2 heterocycles. The Bertz CT molecular complexity index is 1150. The van der Waals surface area contributed by atoms with Gasteiger partial charge in [-0.25, -0.2) is 4.98 Å². The van der Waals surface area contributed by atoms with E-state index in [9.17, 15) is 4.79 Å². The Morgan fingerprint density at radius 3 is 2.61 bits per heavy atom. The summed E-state index contributed by atoms with van der Waals surface area (Å²) in [5.74, 6) is 1.05. The van der Waals surface area contributed by atoms with E-state index in [-0.39, 0.29) is 5.91 Å². The largest absolute Gasteiger partial charge is 0.493 e. The molecule has 6 heteroatoms. The molecule has 0 aliphatic carbocycles. The molecule has 0 spiro atoms. The molecular weight excluding hydrogens is 406 g/mol. The predicted octanol–water partition coefficient (Wildman–Crippen LogP) is 6.16. The number of carbonyl (C=O) groups is 1. The number of carbonyl (C=O) groups excluding carboxylic acids is 1. The van der Waals surface area contributed by atoms with E-state index in [1.54, 1.807) is 29.7 Å². The summed E-state index contributed by atoms with van der Waals surface area (Å²) in [6.45, 7) is 4.85. The quantitative estimate of drug-likeness (QED) is 0.382. The second-order valence-electron chi connectivity index (χ2n) is 7.52. The Morgan fingerprint density at radius 1 is 1.03 bits per heavy atom. The van der Waals surface area contributed by atoms with Crippen molar-refractivity contribution >= 4 is 22.9 Å². The van der Waals surface area contributed by atoms with E-state index in [0.717, 1.165) is 33.4 Å². The Morgan fingerprint density at radius 2 is 1.87 bits per heavy atom. The fraction of sp³-hybridized carbons (Fsp3) is 0.160. The van der Waals surface area contributed by atoms with Crippen molar-refractivity contribution < 1.29 is 9.53 Å². The minimum Gasteiger partial charge on any atom is -0.493 e. The number of nitrogens with zero attached hydrogens (tertiary/aromatic N) is 2. The first-order chi connectivity index (χ1) is 15.1. The number of pyridine rings is 1. The van der Waals surface area contributed by atoms with Crippen molar-refractivity contribution in [2.24, 2.45) is 5.92 Å². The second kappa shape index (κ2) is 9.53. The van der Waals surface area contributed by atoms with Gasteiger partial charge in [0, 0.05) is 28.4 Å². The predicted molar refractivity (Wildman–Crippen MR) is 126 cm³/mol. The minimum absolute atomic E-state index is 0.167. The summed E-state index contributed by atoms with van der Waals surface area (Å²) in [6, 6.07) is 20.6. The third kappa shape index (κ3) is 5.35. The monoisotopic (exact) mass is 429 g/mol. The molecule has 156 valence electrons. The normalized spacial score (nSPS) is 10.8. The molecule has 1 N–H and O–H groups in total. The van der Waals surface area contributed by atoms with E-state index in [1.165, 1.54) is 0 Å². The molecule has 4 rings (SSSR count). The highest BCUT2D eigenvalue weighted by Crippen LogP contribution is 2.29. The second-order valence-corrected chi connectivity index (χ2v) is 8.38. The number of anilines is 1. The van der Waals surface area contributed by atoms with Crippen molar-refractivity contribution in [2.75, 3.05) is 11.9 Å². The van der Waals surface area contributed by atoms with Crippen LogP contribution in [0.2, 0.25) is 0 Å². The van der Waals surface area contributed by atoms with E-state index in [2.05, 4.69) is 24.1 Å². The Balaban J connectivity index is 1.45. The Labute approximate surface area is 185 Å². The maximum atomic E-state index is 12.7. The molecule has 0 unspecified atom stereocenters. The van der Waals surface area contributed by atoms with Crippen LogP contribution in [0.15, 0.2) is 78.3 Å². The van der Waals surface area contributed by atoms with Crippen LogP contribution < -0.4 is 10.1 Å². The first kappa shape index (κ1) is 20.8. The van der Waals surface area contributed by atoms with Crippen LogP contribution in [0.25, 0.3) is 22.0 Å². The van der Waals surface area contributed by atoms with Gasteiger partial charge in [-0.05, 0) is 54.4 Å². The molecule has 0 saturated heterocycles. The average Bonchev–Trinajstić information content (AvgIpc) is 3.29. The molecule has 0 saturated carbocycles.